The highest BCUT2D eigenvalue weighted by Crippen LogP contribution is 2.35. The monoisotopic (exact) mass is 367 g/mol. The summed E-state index contributed by atoms with van der Waals surface area (Å²) in [7, 11) is 0. The van der Waals surface area contributed by atoms with E-state index in [-0.39, 0.29) is 11.2 Å². The highest BCUT2D eigenvalue weighted by molar-refractivity contribution is 6.09. The number of aromatic hydroxyl groups is 1. The third-order valence-corrected chi connectivity index (χ3v) is 5.07. The van der Waals surface area contributed by atoms with Crippen LogP contribution in [0.15, 0.2) is 36.4 Å². The third kappa shape index (κ3) is 4.57. The zero-order valence-electron chi connectivity index (χ0n) is 16.7. The van der Waals surface area contributed by atoms with Gasteiger partial charge in [0.05, 0.1) is 13.2 Å². The molecule has 0 spiro atoms. The van der Waals surface area contributed by atoms with E-state index in [1.165, 1.54) is 0 Å². The summed E-state index contributed by atoms with van der Waals surface area (Å²) in [6, 6.07) is 11.3. The van der Waals surface area contributed by atoms with Crippen LogP contribution < -0.4 is 0 Å². The van der Waals surface area contributed by atoms with Gasteiger partial charge in [-0.05, 0) is 24.5 Å². The quantitative estimate of drug-likeness (QED) is 0.828. The topological polar surface area (TPSA) is 49.8 Å². The molecule has 0 saturated carbocycles. The largest absolute Gasteiger partial charge is 0.507 e. The van der Waals surface area contributed by atoms with Crippen molar-refractivity contribution in [1.29, 1.82) is 0 Å². The minimum atomic E-state index is -0.257. The molecule has 0 radical (unpaired) electrons. The maximum absolute atomic E-state index is 13.1. The lowest BCUT2D eigenvalue weighted by molar-refractivity contribution is 0.0338. The predicted octanol–water partition coefficient (Wildman–Crippen LogP) is 4.06. The number of hydrogen-bond donors (Lipinski definition) is 1. The van der Waals surface area contributed by atoms with Gasteiger partial charge in [0.1, 0.15) is 5.75 Å². The van der Waals surface area contributed by atoms with E-state index in [2.05, 4.69) is 25.7 Å². The Morgan fingerprint density at radius 2 is 1.70 bits per heavy atom. The van der Waals surface area contributed by atoms with Crippen molar-refractivity contribution in [3.05, 3.63) is 64.2 Å². The van der Waals surface area contributed by atoms with Crippen LogP contribution in [-0.4, -0.2) is 42.1 Å². The van der Waals surface area contributed by atoms with E-state index in [1.54, 1.807) is 0 Å². The number of hydrogen-bond acceptors (Lipinski definition) is 4. The van der Waals surface area contributed by atoms with Crippen molar-refractivity contribution in [2.75, 3.05) is 26.3 Å². The summed E-state index contributed by atoms with van der Waals surface area (Å²) in [6.07, 6.45) is 0. The molecule has 27 heavy (non-hydrogen) atoms. The van der Waals surface area contributed by atoms with Crippen molar-refractivity contribution in [3.63, 3.8) is 0 Å². The first-order chi connectivity index (χ1) is 12.8. The molecule has 0 bridgehead atoms. The van der Waals surface area contributed by atoms with Gasteiger partial charge >= 0.3 is 0 Å². The van der Waals surface area contributed by atoms with Crippen molar-refractivity contribution in [2.45, 2.75) is 39.7 Å². The number of rotatable bonds is 4. The molecule has 1 fully saturated rings. The average molecular weight is 367 g/mol. The third-order valence-electron chi connectivity index (χ3n) is 5.07. The normalized spacial score (nSPS) is 15.7. The lowest BCUT2D eigenvalue weighted by atomic mass is 9.83. The fourth-order valence-corrected chi connectivity index (χ4v) is 3.39. The summed E-state index contributed by atoms with van der Waals surface area (Å²) < 4.78 is 5.42. The van der Waals surface area contributed by atoms with Crippen molar-refractivity contribution in [3.8, 4) is 5.75 Å². The van der Waals surface area contributed by atoms with E-state index in [0.29, 0.717) is 36.6 Å². The molecule has 3 rings (SSSR count). The van der Waals surface area contributed by atoms with E-state index in [1.807, 2.05) is 43.3 Å². The molecule has 4 nitrogen and oxygen atoms in total. The Hall–Kier alpha value is -2.17. The zero-order chi connectivity index (χ0) is 19.6. The molecular weight excluding hydrogens is 338 g/mol. The number of nitrogens with zero attached hydrogens (tertiary/aromatic N) is 1. The molecule has 4 heteroatoms. The Bertz CT molecular complexity index is 813. The standard InChI is InChI=1S/C23H29NO3/c1-16-5-7-17(8-6-16)21(25)18-13-19(15-24-9-11-27-12-10-24)22(26)20(14-18)23(2,3)4/h5-8,13-14,26H,9-12,15H2,1-4H3. The molecule has 2 aromatic carbocycles. The first-order valence-electron chi connectivity index (χ1n) is 9.53. The lowest BCUT2D eigenvalue weighted by Crippen LogP contribution is -2.35. The molecular formula is C23H29NO3. The van der Waals surface area contributed by atoms with Gasteiger partial charge in [0.25, 0.3) is 0 Å². The van der Waals surface area contributed by atoms with Gasteiger partial charge < -0.3 is 9.84 Å². The Morgan fingerprint density at radius 3 is 2.30 bits per heavy atom. The number of benzene rings is 2. The summed E-state index contributed by atoms with van der Waals surface area (Å²) in [4.78, 5) is 15.3. The van der Waals surface area contributed by atoms with Crippen molar-refractivity contribution in [2.24, 2.45) is 0 Å². The van der Waals surface area contributed by atoms with E-state index < -0.39 is 0 Å². The summed E-state index contributed by atoms with van der Waals surface area (Å²) in [5.41, 5.74) is 3.78. The highest BCUT2D eigenvalue weighted by atomic mass is 16.5. The number of carbonyl (C=O) groups is 1. The number of phenolic OH excluding ortho intramolecular Hbond substituents is 1. The van der Waals surface area contributed by atoms with Gasteiger partial charge in [-0.3, -0.25) is 9.69 Å². The fourth-order valence-electron chi connectivity index (χ4n) is 3.39. The molecule has 0 atom stereocenters. The van der Waals surface area contributed by atoms with Crippen LogP contribution in [-0.2, 0) is 16.7 Å². The van der Waals surface area contributed by atoms with Crippen LogP contribution in [0.3, 0.4) is 0 Å². The van der Waals surface area contributed by atoms with Crippen LogP contribution in [0.5, 0.6) is 5.75 Å². The summed E-state index contributed by atoms with van der Waals surface area (Å²) in [5.74, 6) is 0.290. The predicted molar refractivity (Wildman–Crippen MR) is 108 cm³/mol. The van der Waals surface area contributed by atoms with Crippen molar-refractivity contribution >= 4 is 5.78 Å². The Morgan fingerprint density at radius 1 is 1.07 bits per heavy atom. The second kappa shape index (κ2) is 7.83. The lowest BCUT2D eigenvalue weighted by Gasteiger charge is -2.29. The Balaban J connectivity index is 2.01. The number of ether oxygens (including phenoxy) is 1. The maximum Gasteiger partial charge on any atom is 0.193 e. The number of aryl methyl sites for hydroxylation is 1. The van der Waals surface area contributed by atoms with E-state index in [9.17, 15) is 9.90 Å². The van der Waals surface area contributed by atoms with Crippen LogP contribution in [0.4, 0.5) is 0 Å². The summed E-state index contributed by atoms with van der Waals surface area (Å²) in [6.45, 7) is 11.9. The van der Waals surface area contributed by atoms with Crippen LogP contribution in [0, 0.1) is 6.92 Å². The van der Waals surface area contributed by atoms with Crippen molar-refractivity contribution < 1.29 is 14.6 Å². The van der Waals surface area contributed by atoms with Gasteiger partial charge in [0.15, 0.2) is 5.78 Å². The van der Waals surface area contributed by atoms with Crippen LogP contribution in [0.1, 0.15) is 53.4 Å². The zero-order valence-corrected chi connectivity index (χ0v) is 16.7. The molecule has 144 valence electrons. The van der Waals surface area contributed by atoms with Gasteiger partial charge in [-0.25, -0.2) is 0 Å². The highest BCUT2D eigenvalue weighted by Gasteiger charge is 2.24. The van der Waals surface area contributed by atoms with E-state index >= 15 is 0 Å². The Labute approximate surface area is 161 Å². The van der Waals surface area contributed by atoms with Gasteiger partial charge in [-0.2, -0.15) is 0 Å². The van der Waals surface area contributed by atoms with Crippen LogP contribution in [0.25, 0.3) is 0 Å². The number of ketones is 1. The molecule has 0 aromatic heterocycles. The first kappa shape index (κ1) is 19.6. The maximum atomic E-state index is 13.1. The van der Waals surface area contributed by atoms with Gasteiger partial charge in [0.2, 0.25) is 0 Å². The van der Waals surface area contributed by atoms with Crippen molar-refractivity contribution in [1.82, 2.24) is 4.90 Å². The molecule has 1 N–H and O–H groups in total. The molecule has 1 aliphatic heterocycles. The van der Waals surface area contributed by atoms with Gasteiger partial charge in [-0.15, -0.1) is 0 Å². The number of carbonyl (C=O) groups excluding carboxylic acids is 1. The van der Waals surface area contributed by atoms with E-state index in [4.69, 9.17) is 4.74 Å². The minimum absolute atomic E-state index is 0.0104. The molecule has 2 aromatic rings. The Kier molecular flexibility index (Phi) is 5.68. The van der Waals surface area contributed by atoms with Crippen LogP contribution in [0.2, 0.25) is 0 Å². The average Bonchev–Trinajstić information content (AvgIpc) is 2.63. The second-order valence-electron chi connectivity index (χ2n) is 8.37. The minimum Gasteiger partial charge on any atom is -0.507 e. The SMILES string of the molecule is Cc1ccc(C(=O)c2cc(CN3CCOCC3)c(O)c(C(C)(C)C)c2)cc1. The summed E-state index contributed by atoms with van der Waals surface area (Å²) >= 11 is 0. The molecule has 0 amide bonds. The first-order valence-corrected chi connectivity index (χ1v) is 9.53. The molecule has 1 heterocycles. The molecule has 0 unspecified atom stereocenters. The smallest absolute Gasteiger partial charge is 0.193 e. The number of phenols is 1. The van der Waals surface area contributed by atoms with Gasteiger partial charge in [-0.1, -0.05) is 50.6 Å². The van der Waals surface area contributed by atoms with Crippen LogP contribution >= 0.6 is 0 Å². The molecule has 1 saturated heterocycles. The fraction of sp³-hybridized carbons (Fsp3) is 0.435. The molecule has 1 aliphatic rings. The van der Waals surface area contributed by atoms with Gasteiger partial charge in [0, 0.05) is 41.9 Å². The summed E-state index contributed by atoms with van der Waals surface area (Å²) in [5, 5.41) is 10.9. The van der Waals surface area contributed by atoms with E-state index in [0.717, 1.165) is 29.8 Å². The second-order valence-corrected chi connectivity index (χ2v) is 8.37. The number of morpholine rings is 1. The molecule has 0 aliphatic carbocycles.